The molecule has 6 heteroatoms. The molecule has 0 N–H and O–H groups in total. The van der Waals surface area contributed by atoms with Gasteiger partial charge < -0.3 is 4.42 Å². The first kappa shape index (κ1) is 18.6. The van der Waals surface area contributed by atoms with Crippen molar-refractivity contribution in [3.63, 3.8) is 0 Å². The van der Waals surface area contributed by atoms with Crippen molar-refractivity contribution in [2.45, 2.75) is 26.2 Å². The number of furan rings is 1. The van der Waals surface area contributed by atoms with E-state index in [2.05, 4.69) is 0 Å². The lowest BCUT2D eigenvalue weighted by Gasteiger charge is -2.34. The molecule has 4 amide bonds. The summed E-state index contributed by atoms with van der Waals surface area (Å²) in [7, 11) is 0. The molecular weight excluding hydrogens is 344 g/mol. The fourth-order valence-electron chi connectivity index (χ4n) is 2.94. The lowest BCUT2D eigenvalue weighted by atomic mass is 10.1. The van der Waals surface area contributed by atoms with Crippen molar-refractivity contribution in [1.82, 2.24) is 9.80 Å². The first-order valence-electron chi connectivity index (χ1n) is 9.08. The average Bonchev–Trinajstić information content (AvgIpc) is 3.19. The molecule has 3 rings (SSSR count). The molecule has 0 aliphatic carbocycles. The molecule has 0 bridgehead atoms. The van der Waals surface area contributed by atoms with E-state index in [-0.39, 0.29) is 12.1 Å². The number of imide groups is 2. The predicted octanol–water partition coefficient (Wildman–Crippen LogP) is 3.50. The number of hydrogen-bond donors (Lipinski definition) is 0. The summed E-state index contributed by atoms with van der Waals surface area (Å²) in [6.07, 6.45) is 4.93. The van der Waals surface area contributed by atoms with Crippen molar-refractivity contribution in [3.8, 4) is 0 Å². The van der Waals surface area contributed by atoms with Gasteiger partial charge in [-0.05, 0) is 36.6 Å². The van der Waals surface area contributed by atoms with Crippen molar-refractivity contribution < 1.29 is 18.8 Å². The molecule has 1 saturated heterocycles. The fourth-order valence-corrected chi connectivity index (χ4v) is 2.94. The van der Waals surface area contributed by atoms with Crippen LogP contribution in [-0.4, -0.2) is 40.7 Å². The molecule has 1 aliphatic rings. The first-order valence-corrected chi connectivity index (χ1v) is 9.08. The summed E-state index contributed by atoms with van der Waals surface area (Å²) in [6, 6.07) is 12.4. The molecule has 27 heavy (non-hydrogen) atoms. The van der Waals surface area contributed by atoms with E-state index in [4.69, 9.17) is 4.42 Å². The predicted molar refractivity (Wildman–Crippen MR) is 101 cm³/mol. The Hall–Kier alpha value is -3.15. The van der Waals surface area contributed by atoms with Gasteiger partial charge >= 0.3 is 6.03 Å². The molecule has 0 radical (unpaired) electrons. The van der Waals surface area contributed by atoms with Crippen LogP contribution < -0.4 is 0 Å². The van der Waals surface area contributed by atoms with Crippen molar-refractivity contribution in [1.29, 1.82) is 0 Å². The Morgan fingerprint density at radius 3 is 2.26 bits per heavy atom. The van der Waals surface area contributed by atoms with E-state index in [1.165, 1.54) is 12.3 Å². The van der Waals surface area contributed by atoms with Gasteiger partial charge in [0.2, 0.25) is 0 Å². The number of barbiturate groups is 1. The molecule has 2 heterocycles. The van der Waals surface area contributed by atoms with E-state index in [0.29, 0.717) is 25.1 Å². The second-order valence-electron chi connectivity index (χ2n) is 6.36. The number of carbonyl (C=O) groups excluding carboxylic acids is 3. The number of nitrogens with zero attached hydrogens (tertiary/aromatic N) is 2. The van der Waals surface area contributed by atoms with Crippen LogP contribution >= 0.6 is 0 Å². The molecule has 140 valence electrons. The van der Waals surface area contributed by atoms with Crippen LogP contribution in [0.4, 0.5) is 4.79 Å². The van der Waals surface area contributed by atoms with E-state index < -0.39 is 17.8 Å². The number of benzene rings is 1. The lowest BCUT2D eigenvalue weighted by Crippen LogP contribution is -2.56. The molecule has 2 aromatic rings. The van der Waals surface area contributed by atoms with Gasteiger partial charge in [0.05, 0.1) is 6.26 Å². The van der Waals surface area contributed by atoms with Crippen LogP contribution in [0.25, 0.3) is 6.08 Å². The SMILES string of the molecule is CCCCN1C(=O)/C(=C/c2ccco2)C(=O)N(CCc2ccccc2)C1=O. The second-order valence-corrected chi connectivity index (χ2v) is 6.36. The molecule has 6 nitrogen and oxygen atoms in total. The third-order valence-corrected chi connectivity index (χ3v) is 4.44. The van der Waals surface area contributed by atoms with Gasteiger partial charge in [0.25, 0.3) is 11.8 Å². The number of carbonyl (C=O) groups is 3. The minimum Gasteiger partial charge on any atom is -0.465 e. The Balaban J connectivity index is 1.87. The number of unbranched alkanes of at least 4 members (excludes halogenated alkanes) is 1. The van der Waals surface area contributed by atoms with Gasteiger partial charge in [0.1, 0.15) is 11.3 Å². The second kappa shape index (κ2) is 8.49. The Morgan fingerprint density at radius 2 is 1.63 bits per heavy atom. The molecular formula is C21H22N2O4. The summed E-state index contributed by atoms with van der Waals surface area (Å²) in [5, 5.41) is 0. The van der Waals surface area contributed by atoms with Crippen LogP contribution in [0.5, 0.6) is 0 Å². The van der Waals surface area contributed by atoms with E-state index >= 15 is 0 Å². The number of amides is 4. The third kappa shape index (κ3) is 4.16. The molecule has 0 saturated carbocycles. The van der Waals surface area contributed by atoms with Crippen LogP contribution in [0.3, 0.4) is 0 Å². The van der Waals surface area contributed by atoms with Crippen LogP contribution in [0.1, 0.15) is 31.1 Å². The fraction of sp³-hybridized carbons (Fsp3) is 0.286. The highest BCUT2D eigenvalue weighted by atomic mass is 16.3. The van der Waals surface area contributed by atoms with Crippen molar-refractivity contribution in [2.75, 3.05) is 13.1 Å². The minimum atomic E-state index is -0.579. The van der Waals surface area contributed by atoms with Crippen LogP contribution in [0, 0.1) is 0 Å². The highest BCUT2D eigenvalue weighted by molar-refractivity contribution is 6.30. The number of urea groups is 1. The zero-order chi connectivity index (χ0) is 19.2. The lowest BCUT2D eigenvalue weighted by molar-refractivity contribution is -0.135. The summed E-state index contributed by atoms with van der Waals surface area (Å²) in [5.41, 5.74) is 0.973. The van der Waals surface area contributed by atoms with Gasteiger partial charge in [-0.25, -0.2) is 4.79 Å². The Labute approximate surface area is 158 Å². The Kier molecular flexibility index (Phi) is 5.86. The zero-order valence-corrected chi connectivity index (χ0v) is 15.3. The molecule has 0 spiro atoms. The molecule has 1 aliphatic heterocycles. The molecule has 1 aromatic heterocycles. The van der Waals surface area contributed by atoms with Gasteiger partial charge in [-0.1, -0.05) is 43.7 Å². The van der Waals surface area contributed by atoms with E-state index in [1.54, 1.807) is 12.1 Å². The molecule has 1 fully saturated rings. The van der Waals surface area contributed by atoms with Gasteiger partial charge in [-0.15, -0.1) is 0 Å². The van der Waals surface area contributed by atoms with Gasteiger partial charge in [0, 0.05) is 13.1 Å². The Morgan fingerprint density at radius 1 is 0.926 bits per heavy atom. The average molecular weight is 366 g/mol. The monoisotopic (exact) mass is 366 g/mol. The standard InChI is InChI=1S/C21H22N2O4/c1-2-3-12-22-19(24)18(15-17-10-7-14-27-17)20(25)23(21(22)26)13-11-16-8-5-4-6-9-16/h4-10,14-15H,2-3,11-13H2,1H3/b18-15-. The summed E-state index contributed by atoms with van der Waals surface area (Å²) in [4.78, 5) is 40.7. The largest absolute Gasteiger partial charge is 0.465 e. The first-order chi connectivity index (χ1) is 13.1. The smallest absolute Gasteiger partial charge is 0.333 e. The van der Waals surface area contributed by atoms with Crippen molar-refractivity contribution >= 4 is 23.9 Å². The maximum atomic E-state index is 12.9. The van der Waals surface area contributed by atoms with E-state index in [0.717, 1.165) is 21.8 Å². The Bertz CT molecular complexity index is 840. The maximum Gasteiger partial charge on any atom is 0.333 e. The van der Waals surface area contributed by atoms with Gasteiger partial charge in [-0.2, -0.15) is 0 Å². The van der Waals surface area contributed by atoms with E-state index in [1.807, 2.05) is 37.3 Å². The number of hydrogen-bond acceptors (Lipinski definition) is 4. The molecule has 0 unspecified atom stereocenters. The zero-order valence-electron chi connectivity index (χ0n) is 15.3. The maximum absolute atomic E-state index is 12.9. The summed E-state index contributed by atoms with van der Waals surface area (Å²) in [5.74, 6) is -0.740. The summed E-state index contributed by atoms with van der Waals surface area (Å²) in [6.45, 7) is 2.49. The highest BCUT2D eigenvalue weighted by Crippen LogP contribution is 2.21. The summed E-state index contributed by atoms with van der Waals surface area (Å²) < 4.78 is 5.24. The van der Waals surface area contributed by atoms with E-state index in [9.17, 15) is 14.4 Å². The van der Waals surface area contributed by atoms with Gasteiger partial charge in [-0.3, -0.25) is 19.4 Å². The molecule has 0 atom stereocenters. The third-order valence-electron chi connectivity index (χ3n) is 4.44. The van der Waals surface area contributed by atoms with Crippen molar-refractivity contribution in [2.24, 2.45) is 0 Å². The van der Waals surface area contributed by atoms with Crippen LogP contribution in [0.2, 0.25) is 0 Å². The molecule has 1 aromatic carbocycles. The van der Waals surface area contributed by atoms with Crippen molar-refractivity contribution in [3.05, 3.63) is 65.6 Å². The van der Waals surface area contributed by atoms with Crippen LogP contribution in [-0.2, 0) is 16.0 Å². The summed E-state index contributed by atoms with van der Waals surface area (Å²) >= 11 is 0. The topological polar surface area (TPSA) is 70.8 Å². The van der Waals surface area contributed by atoms with Gasteiger partial charge in [0.15, 0.2) is 0 Å². The van der Waals surface area contributed by atoms with Crippen LogP contribution in [0.15, 0.2) is 58.7 Å². The number of rotatable bonds is 7. The quantitative estimate of drug-likeness (QED) is 0.555. The normalized spacial score (nSPS) is 16.5. The minimum absolute atomic E-state index is 0.0475. The highest BCUT2D eigenvalue weighted by Gasteiger charge is 2.41.